The van der Waals surface area contributed by atoms with Crippen molar-refractivity contribution in [3.8, 4) is 11.5 Å². The van der Waals surface area contributed by atoms with Crippen molar-refractivity contribution in [1.29, 1.82) is 0 Å². The van der Waals surface area contributed by atoms with Gasteiger partial charge in [-0.3, -0.25) is 23.4 Å². The molecule has 0 amide bonds. The lowest BCUT2D eigenvalue weighted by molar-refractivity contribution is -0.0684. The van der Waals surface area contributed by atoms with E-state index in [-0.39, 0.29) is 45.3 Å². The molecule has 2 aliphatic heterocycles. The lowest BCUT2D eigenvalue weighted by atomic mass is 10.1. The number of phenolic OH excluding ortho intramolecular Hbond substituents is 2. The quantitative estimate of drug-likeness (QED) is 0.270. The number of aromatic amines is 1. The Hall–Kier alpha value is -2.65. The number of H-pyrrole nitrogens is 1. The highest BCUT2D eigenvalue weighted by Crippen LogP contribution is 2.53. The predicted octanol–water partition coefficient (Wildman–Crippen LogP) is 0.0383. The van der Waals surface area contributed by atoms with Crippen molar-refractivity contribution in [3.63, 3.8) is 0 Å². The van der Waals surface area contributed by atoms with Crippen LogP contribution in [-0.2, 0) is 18.3 Å². The van der Waals surface area contributed by atoms with Crippen LogP contribution >= 0.6 is 19.6 Å². The van der Waals surface area contributed by atoms with Gasteiger partial charge in [0, 0.05) is 6.07 Å². The van der Waals surface area contributed by atoms with Gasteiger partial charge in [0.25, 0.3) is 5.56 Å². The number of hydrogen-bond acceptors (Lipinski definition) is 12. The van der Waals surface area contributed by atoms with Gasteiger partial charge in [-0.15, -0.1) is 0 Å². The number of nitrogens with one attached hydrogen (secondary N) is 1. The molecule has 1 aromatic carbocycles. The van der Waals surface area contributed by atoms with Gasteiger partial charge in [0.1, 0.15) is 29.8 Å². The number of aromatic nitrogens is 4. The number of aliphatic hydroxyl groups is 1. The fourth-order valence-corrected chi connectivity index (χ4v) is 5.41. The standard InChI is InChI=1S/C16H16N5O9PS/c17-15-19-12-9(13(25)20-15)18-16(32-8-2-1-5(22)3-6(8)23)21(12)14-10(24)11-7(29-14)4-28-31(26,27)30-11/h1-3,7,10-11,14,22-24H,4H2,(H,26,27)(H3,17,19,20,25)/t7-,10-,11-,14-/m1/s1. The summed E-state index contributed by atoms with van der Waals surface area (Å²) >= 11 is 0.902. The molecular weight excluding hydrogens is 469 g/mol. The summed E-state index contributed by atoms with van der Waals surface area (Å²) in [5, 5.41) is 30.6. The maximum atomic E-state index is 12.4. The van der Waals surface area contributed by atoms with Crippen molar-refractivity contribution >= 4 is 36.7 Å². The minimum Gasteiger partial charge on any atom is -0.508 e. The molecule has 0 bridgehead atoms. The van der Waals surface area contributed by atoms with Crippen molar-refractivity contribution in [2.24, 2.45) is 0 Å². The zero-order valence-electron chi connectivity index (χ0n) is 15.9. The van der Waals surface area contributed by atoms with Gasteiger partial charge in [-0.25, -0.2) is 9.55 Å². The van der Waals surface area contributed by atoms with Crippen LogP contribution < -0.4 is 11.3 Å². The summed E-state index contributed by atoms with van der Waals surface area (Å²) in [6.07, 6.45) is -4.79. The Bertz CT molecular complexity index is 1330. The third-order valence-corrected chi connectivity index (χ3v) is 6.92. The van der Waals surface area contributed by atoms with Gasteiger partial charge in [0.05, 0.1) is 11.5 Å². The number of aromatic hydroxyl groups is 2. The highest BCUT2D eigenvalue weighted by molar-refractivity contribution is 7.99. The summed E-state index contributed by atoms with van der Waals surface area (Å²) in [4.78, 5) is 33.0. The number of fused-ring (bicyclic) bond motifs is 2. The van der Waals surface area contributed by atoms with E-state index in [2.05, 4.69) is 15.0 Å². The molecule has 170 valence electrons. The highest BCUT2D eigenvalue weighted by Gasteiger charge is 2.53. The van der Waals surface area contributed by atoms with E-state index in [4.69, 9.17) is 19.5 Å². The van der Waals surface area contributed by atoms with Crippen LogP contribution in [0.3, 0.4) is 0 Å². The Balaban J connectivity index is 1.63. The summed E-state index contributed by atoms with van der Waals surface area (Å²) in [7, 11) is -4.36. The molecule has 1 unspecified atom stereocenters. The molecule has 16 heteroatoms. The van der Waals surface area contributed by atoms with E-state index >= 15 is 0 Å². The van der Waals surface area contributed by atoms with E-state index in [0.717, 1.165) is 17.8 Å². The van der Waals surface area contributed by atoms with E-state index in [1.165, 1.54) is 16.7 Å². The van der Waals surface area contributed by atoms with Gasteiger partial charge in [-0.05, 0) is 23.9 Å². The van der Waals surface area contributed by atoms with Gasteiger partial charge < -0.3 is 30.7 Å². The number of anilines is 1. The molecule has 0 radical (unpaired) electrons. The normalized spacial score (nSPS) is 29.9. The van der Waals surface area contributed by atoms with Gasteiger partial charge in [0.2, 0.25) is 5.95 Å². The van der Waals surface area contributed by atoms with E-state index < -0.39 is 37.9 Å². The minimum atomic E-state index is -4.36. The molecule has 2 saturated heterocycles. The van der Waals surface area contributed by atoms with Crippen LogP contribution in [0.25, 0.3) is 11.2 Å². The maximum absolute atomic E-state index is 12.4. The summed E-state index contributed by atoms with van der Waals surface area (Å²) in [5.41, 5.74) is 4.90. The van der Waals surface area contributed by atoms with Crippen molar-refractivity contribution in [1.82, 2.24) is 19.5 Å². The molecule has 2 aliphatic rings. The fraction of sp³-hybridized carbons (Fsp3) is 0.312. The second-order valence-corrected chi connectivity index (χ2v) is 9.45. The van der Waals surface area contributed by atoms with Gasteiger partial charge in [0.15, 0.2) is 22.5 Å². The number of benzene rings is 1. The predicted molar refractivity (Wildman–Crippen MR) is 107 cm³/mol. The first-order chi connectivity index (χ1) is 15.1. The summed E-state index contributed by atoms with van der Waals surface area (Å²) in [6.45, 7) is -0.310. The second-order valence-electron chi connectivity index (χ2n) is 7.03. The number of phosphoric acid groups is 1. The van der Waals surface area contributed by atoms with Crippen LogP contribution in [-0.4, -0.2) is 64.7 Å². The van der Waals surface area contributed by atoms with Crippen molar-refractivity contribution in [2.45, 2.75) is 34.6 Å². The molecule has 5 atom stereocenters. The Labute approximate surface area is 182 Å². The SMILES string of the molecule is Nc1nc2c(nc(Sc3ccc(O)cc3O)n2[C@@H]2O[C@@H]3COP(=O)(O)O[C@H]3[C@H]2O)c(=O)[nH]1. The molecule has 14 nitrogen and oxygen atoms in total. The smallest absolute Gasteiger partial charge is 0.472 e. The van der Waals surface area contributed by atoms with Gasteiger partial charge in [-0.1, -0.05) is 0 Å². The molecule has 32 heavy (non-hydrogen) atoms. The van der Waals surface area contributed by atoms with Gasteiger partial charge >= 0.3 is 7.82 Å². The molecule has 0 aliphatic carbocycles. The first-order valence-electron chi connectivity index (χ1n) is 9.10. The number of phenols is 2. The number of nitrogens with zero attached hydrogens (tertiary/aromatic N) is 3. The highest BCUT2D eigenvalue weighted by atomic mass is 32.2. The van der Waals surface area contributed by atoms with E-state index in [9.17, 15) is 29.6 Å². The maximum Gasteiger partial charge on any atom is 0.472 e. The summed E-state index contributed by atoms with van der Waals surface area (Å²) < 4.78 is 28.6. The lowest BCUT2D eigenvalue weighted by Crippen LogP contribution is -2.39. The molecule has 0 spiro atoms. The van der Waals surface area contributed by atoms with Crippen molar-refractivity contribution < 1.29 is 38.6 Å². The van der Waals surface area contributed by atoms with Gasteiger partial charge in [-0.2, -0.15) is 4.98 Å². The molecular formula is C16H16N5O9PS. The third-order valence-electron chi connectivity index (χ3n) is 4.90. The van der Waals surface area contributed by atoms with Crippen LogP contribution in [0.2, 0.25) is 0 Å². The first kappa shape index (κ1) is 21.2. The molecule has 2 fully saturated rings. The molecule has 4 heterocycles. The first-order valence-corrected chi connectivity index (χ1v) is 11.4. The molecule has 2 aromatic heterocycles. The monoisotopic (exact) mass is 485 g/mol. The largest absolute Gasteiger partial charge is 0.508 e. The van der Waals surface area contributed by atoms with Crippen LogP contribution in [0, 0.1) is 0 Å². The fourth-order valence-electron chi connectivity index (χ4n) is 3.52. The number of rotatable bonds is 3. The third kappa shape index (κ3) is 3.53. The van der Waals surface area contributed by atoms with Crippen LogP contribution in [0.15, 0.2) is 33.0 Å². The topological polar surface area (TPSA) is 215 Å². The average molecular weight is 485 g/mol. The molecule has 5 rings (SSSR count). The zero-order chi connectivity index (χ0) is 22.8. The minimum absolute atomic E-state index is 0.0252. The van der Waals surface area contributed by atoms with E-state index in [1.54, 1.807) is 0 Å². The Morgan fingerprint density at radius 2 is 2.09 bits per heavy atom. The van der Waals surface area contributed by atoms with Crippen molar-refractivity contribution in [3.05, 3.63) is 28.6 Å². The number of aliphatic hydroxyl groups excluding tert-OH is 1. The summed E-state index contributed by atoms with van der Waals surface area (Å²) in [6, 6.07) is 3.89. The Kier molecular flexibility index (Phi) is 4.94. The average Bonchev–Trinajstić information content (AvgIpc) is 3.21. The number of hydrogen-bond donors (Lipinski definition) is 6. The van der Waals surface area contributed by atoms with Crippen molar-refractivity contribution in [2.75, 3.05) is 12.3 Å². The van der Waals surface area contributed by atoms with E-state index in [1.807, 2.05) is 0 Å². The van der Waals surface area contributed by atoms with Crippen LogP contribution in [0.4, 0.5) is 5.95 Å². The number of phosphoric ester groups is 1. The molecule has 0 saturated carbocycles. The van der Waals surface area contributed by atoms with E-state index in [0.29, 0.717) is 0 Å². The van der Waals surface area contributed by atoms with Crippen LogP contribution in [0.1, 0.15) is 6.23 Å². The Morgan fingerprint density at radius 1 is 1.31 bits per heavy atom. The zero-order valence-corrected chi connectivity index (χ0v) is 17.6. The number of nitrogen functional groups attached to an aromatic ring is 1. The molecule has 7 N–H and O–H groups in total. The number of nitrogens with two attached hydrogens (primary N) is 1. The number of imidazole rings is 1. The molecule has 3 aromatic rings. The number of ether oxygens (including phenoxy) is 1. The Morgan fingerprint density at radius 3 is 2.84 bits per heavy atom. The summed E-state index contributed by atoms with van der Waals surface area (Å²) in [5.74, 6) is -0.623. The second kappa shape index (κ2) is 7.45. The lowest BCUT2D eigenvalue weighted by Gasteiger charge is -2.27. The van der Waals surface area contributed by atoms with Crippen LogP contribution in [0.5, 0.6) is 11.5 Å².